The SMILES string of the molecule is CC(C)N(CCO)C(=O)Cc1ccc(C(N)=NO)cc1. The molecule has 20 heavy (non-hydrogen) atoms. The minimum Gasteiger partial charge on any atom is -0.409 e. The Labute approximate surface area is 118 Å². The van der Waals surface area contributed by atoms with Gasteiger partial charge in [-0.2, -0.15) is 0 Å². The standard InChI is InChI=1S/C14H21N3O3/c1-10(2)17(7-8-18)13(19)9-11-3-5-12(6-4-11)14(15)16-20/h3-6,10,18,20H,7-9H2,1-2H3,(H2,15,16). The Bertz CT molecular complexity index is 469. The summed E-state index contributed by atoms with van der Waals surface area (Å²) in [6.45, 7) is 4.11. The van der Waals surface area contributed by atoms with Crippen LogP contribution in [0.5, 0.6) is 0 Å². The molecule has 0 heterocycles. The zero-order valence-corrected chi connectivity index (χ0v) is 11.8. The Balaban J connectivity index is 2.75. The molecule has 0 saturated heterocycles. The van der Waals surface area contributed by atoms with E-state index in [4.69, 9.17) is 16.0 Å². The monoisotopic (exact) mass is 279 g/mol. The first-order valence-corrected chi connectivity index (χ1v) is 6.46. The van der Waals surface area contributed by atoms with Crippen molar-refractivity contribution in [2.45, 2.75) is 26.3 Å². The number of rotatable bonds is 6. The molecule has 0 fully saturated rings. The average molecular weight is 279 g/mol. The number of amidine groups is 1. The maximum Gasteiger partial charge on any atom is 0.227 e. The molecule has 0 saturated carbocycles. The van der Waals surface area contributed by atoms with E-state index in [9.17, 15) is 4.79 Å². The summed E-state index contributed by atoms with van der Waals surface area (Å²) in [6, 6.07) is 6.98. The molecule has 1 amide bonds. The molecule has 1 aromatic rings. The van der Waals surface area contributed by atoms with Crippen molar-refractivity contribution in [3.8, 4) is 0 Å². The maximum absolute atomic E-state index is 12.1. The lowest BCUT2D eigenvalue weighted by molar-refractivity contribution is -0.132. The van der Waals surface area contributed by atoms with Crippen LogP contribution in [-0.2, 0) is 11.2 Å². The van der Waals surface area contributed by atoms with Gasteiger partial charge in [0.05, 0.1) is 13.0 Å². The Morgan fingerprint density at radius 2 is 1.95 bits per heavy atom. The number of hydrogen-bond acceptors (Lipinski definition) is 4. The van der Waals surface area contributed by atoms with Gasteiger partial charge in [0, 0.05) is 18.2 Å². The van der Waals surface area contributed by atoms with E-state index in [-0.39, 0.29) is 30.8 Å². The molecule has 0 radical (unpaired) electrons. The summed E-state index contributed by atoms with van der Waals surface area (Å²) in [4.78, 5) is 13.8. The largest absolute Gasteiger partial charge is 0.409 e. The normalized spacial score (nSPS) is 11.7. The third-order valence-electron chi connectivity index (χ3n) is 3.00. The van der Waals surface area contributed by atoms with Crippen LogP contribution in [0.2, 0.25) is 0 Å². The number of benzene rings is 1. The van der Waals surface area contributed by atoms with Crippen molar-refractivity contribution < 1.29 is 15.1 Å². The maximum atomic E-state index is 12.1. The van der Waals surface area contributed by atoms with Crippen molar-refractivity contribution in [1.29, 1.82) is 0 Å². The second kappa shape index (κ2) is 7.49. The summed E-state index contributed by atoms with van der Waals surface area (Å²) < 4.78 is 0. The molecule has 0 spiro atoms. The molecule has 4 N–H and O–H groups in total. The lowest BCUT2D eigenvalue weighted by Crippen LogP contribution is -2.39. The molecule has 1 aromatic carbocycles. The number of aliphatic hydroxyl groups excluding tert-OH is 1. The molecular formula is C14H21N3O3. The van der Waals surface area contributed by atoms with E-state index in [0.29, 0.717) is 12.1 Å². The van der Waals surface area contributed by atoms with Crippen molar-refractivity contribution in [1.82, 2.24) is 4.90 Å². The fourth-order valence-electron chi connectivity index (χ4n) is 1.91. The highest BCUT2D eigenvalue weighted by Gasteiger charge is 2.16. The van der Waals surface area contributed by atoms with Crippen LogP contribution in [0.25, 0.3) is 0 Å². The molecular weight excluding hydrogens is 258 g/mol. The highest BCUT2D eigenvalue weighted by Crippen LogP contribution is 2.08. The smallest absolute Gasteiger partial charge is 0.227 e. The molecule has 0 aliphatic carbocycles. The van der Waals surface area contributed by atoms with Crippen molar-refractivity contribution in [3.05, 3.63) is 35.4 Å². The Morgan fingerprint density at radius 1 is 1.35 bits per heavy atom. The third-order valence-corrected chi connectivity index (χ3v) is 3.00. The zero-order valence-electron chi connectivity index (χ0n) is 11.8. The van der Waals surface area contributed by atoms with Gasteiger partial charge >= 0.3 is 0 Å². The number of carbonyl (C=O) groups is 1. The first-order chi connectivity index (χ1) is 9.49. The number of amides is 1. The molecule has 0 bridgehead atoms. The fourth-order valence-corrected chi connectivity index (χ4v) is 1.91. The zero-order chi connectivity index (χ0) is 15.1. The van der Waals surface area contributed by atoms with Gasteiger partial charge in [0.2, 0.25) is 5.91 Å². The number of hydrogen-bond donors (Lipinski definition) is 3. The quantitative estimate of drug-likeness (QED) is 0.306. The van der Waals surface area contributed by atoms with Gasteiger partial charge in [-0.1, -0.05) is 29.4 Å². The van der Waals surface area contributed by atoms with Gasteiger partial charge in [0.1, 0.15) is 0 Å². The predicted molar refractivity (Wildman–Crippen MR) is 76.6 cm³/mol. The second-order valence-corrected chi connectivity index (χ2v) is 4.76. The highest BCUT2D eigenvalue weighted by atomic mass is 16.4. The van der Waals surface area contributed by atoms with E-state index in [1.54, 1.807) is 29.2 Å². The number of aliphatic hydroxyl groups is 1. The van der Waals surface area contributed by atoms with E-state index >= 15 is 0 Å². The van der Waals surface area contributed by atoms with Gasteiger partial charge in [-0.05, 0) is 19.4 Å². The summed E-state index contributed by atoms with van der Waals surface area (Å²) in [5.41, 5.74) is 6.91. The molecule has 6 heteroatoms. The van der Waals surface area contributed by atoms with Crippen molar-refractivity contribution in [3.63, 3.8) is 0 Å². The van der Waals surface area contributed by atoms with Crippen LogP contribution in [0.4, 0.5) is 0 Å². The summed E-state index contributed by atoms with van der Waals surface area (Å²) >= 11 is 0. The van der Waals surface area contributed by atoms with Gasteiger partial charge in [0.25, 0.3) is 0 Å². The summed E-state index contributed by atoms with van der Waals surface area (Å²) in [7, 11) is 0. The molecule has 0 aliphatic rings. The van der Waals surface area contributed by atoms with Gasteiger partial charge in [-0.15, -0.1) is 0 Å². The van der Waals surface area contributed by atoms with Crippen LogP contribution in [0.3, 0.4) is 0 Å². The van der Waals surface area contributed by atoms with Gasteiger partial charge in [-0.3, -0.25) is 4.79 Å². The van der Waals surface area contributed by atoms with Gasteiger partial charge in [-0.25, -0.2) is 0 Å². The van der Waals surface area contributed by atoms with Crippen molar-refractivity contribution in [2.24, 2.45) is 10.9 Å². The van der Waals surface area contributed by atoms with E-state index < -0.39 is 0 Å². The minimum atomic E-state index is -0.0493. The van der Waals surface area contributed by atoms with Crippen LogP contribution < -0.4 is 5.73 Å². The average Bonchev–Trinajstić information content (AvgIpc) is 2.44. The van der Waals surface area contributed by atoms with Crippen LogP contribution in [0.15, 0.2) is 29.4 Å². The predicted octanol–water partition coefficient (Wildman–Crippen LogP) is 0.553. The van der Waals surface area contributed by atoms with Crippen molar-refractivity contribution in [2.75, 3.05) is 13.2 Å². The molecule has 0 aromatic heterocycles. The Hall–Kier alpha value is -2.08. The first kappa shape index (κ1) is 16.0. The number of oxime groups is 1. The van der Waals surface area contributed by atoms with Gasteiger partial charge in [0.15, 0.2) is 5.84 Å². The van der Waals surface area contributed by atoms with E-state index in [1.165, 1.54) is 0 Å². The Kier molecular flexibility index (Phi) is 5.99. The van der Waals surface area contributed by atoms with Crippen LogP contribution in [0.1, 0.15) is 25.0 Å². The summed E-state index contributed by atoms with van der Waals surface area (Å²) in [5, 5.41) is 20.5. The van der Waals surface area contributed by atoms with Crippen LogP contribution in [-0.4, -0.2) is 46.1 Å². The van der Waals surface area contributed by atoms with E-state index in [2.05, 4.69) is 5.16 Å². The van der Waals surface area contributed by atoms with Crippen LogP contribution >= 0.6 is 0 Å². The lowest BCUT2D eigenvalue weighted by Gasteiger charge is -2.26. The molecule has 0 unspecified atom stereocenters. The number of nitrogens with two attached hydrogens (primary N) is 1. The van der Waals surface area contributed by atoms with Crippen molar-refractivity contribution >= 4 is 11.7 Å². The van der Waals surface area contributed by atoms with Crippen LogP contribution in [0, 0.1) is 0 Å². The fraction of sp³-hybridized carbons (Fsp3) is 0.429. The second-order valence-electron chi connectivity index (χ2n) is 4.76. The number of nitrogens with zero attached hydrogens (tertiary/aromatic N) is 2. The molecule has 6 nitrogen and oxygen atoms in total. The van der Waals surface area contributed by atoms with E-state index in [1.807, 2.05) is 13.8 Å². The molecule has 110 valence electrons. The molecule has 0 aliphatic heterocycles. The van der Waals surface area contributed by atoms with Gasteiger partial charge < -0.3 is 20.9 Å². The van der Waals surface area contributed by atoms with E-state index in [0.717, 1.165) is 5.56 Å². The first-order valence-electron chi connectivity index (χ1n) is 6.46. The topological polar surface area (TPSA) is 99.2 Å². The molecule has 0 atom stereocenters. The summed E-state index contributed by atoms with van der Waals surface area (Å²) in [6.07, 6.45) is 0.259. The third kappa shape index (κ3) is 4.24. The lowest BCUT2D eigenvalue weighted by atomic mass is 10.1. The molecule has 1 rings (SSSR count). The minimum absolute atomic E-state index is 0.0342. The number of carbonyl (C=O) groups excluding carboxylic acids is 1. The highest BCUT2D eigenvalue weighted by molar-refractivity contribution is 5.97. The summed E-state index contributed by atoms with van der Waals surface area (Å²) in [5.74, 6) is -0.00226. The Morgan fingerprint density at radius 3 is 2.40 bits per heavy atom.